The first-order chi connectivity index (χ1) is 5.86. The van der Waals surface area contributed by atoms with Gasteiger partial charge in [0.05, 0.1) is 12.2 Å². The van der Waals surface area contributed by atoms with Gasteiger partial charge in [0.15, 0.2) is 0 Å². The second-order valence-electron chi connectivity index (χ2n) is 3.62. The predicted octanol–water partition coefficient (Wildman–Crippen LogP) is 3.30. The topological polar surface area (TPSA) is 9.23 Å². The first-order valence-electron chi connectivity index (χ1n) is 5.13. The molecule has 0 amide bonds. The van der Waals surface area contributed by atoms with Gasteiger partial charge in [-0.3, -0.25) is 0 Å². The molecule has 1 aliphatic heterocycles. The molecule has 1 rings (SSSR count). The van der Waals surface area contributed by atoms with E-state index in [1.807, 2.05) is 6.08 Å². The summed E-state index contributed by atoms with van der Waals surface area (Å²) < 4.78 is 5.83. The SMILES string of the molecule is C=CCC1CCC(CCCC)O1. The molecule has 0 aromatic heterocycles. The van der Waals surface area contributed by atoms with Crippen molar-refractivity contribution in [1.82, 2.24) is 0 Å². The first kappa shape index (κ1) is 9.79. The van der Waals surface area contributed by atoms with E-state index in [0.717, 1.165) is 6.42 Å². The Morgan fingerprint density at radius 3 is 2.83 bits per heavy atom. The maximum Gasteiger partial charge on any atom is 0.0614 e. The Hall–Kier alpha value is -0.300. The molecule has 2 unspecified atom stereocenters. The minimum atomic E-state index is 0.476. The molecule has 12 heavy (non-hydrogen) atoms. The molecule has 1 fully saturated rings. The van der Waals surface area contributed by atoms with E-state index in [9.17, 15) is 0 Å². The average molecular weight is 168 g/mol. The number of unbranched alkanes of at least 4 members (excludes halogenated alkanes) is 1. The van der Waals surface area contributed by atoms with Crippen molar-refractivity contribution in [1.29, 1.82) is 0 Å². The molecule has 0 aromatic rings. The van der Waals surface area contributed by atoms with Crippen LogP contribution in [0.15, 0.2) is 12.7 Å². The van der Waals surface area contributed by atoms with E-state index in [1.165, 1.54) is 32.1 Å². The molecule has 0 bridgehead atoms. The molecular weight excluding hydrogens is 148 g/mol. The Labute approximate surface area is 75.8 Å². The molecule has 1 saturated heterocycles. The highest BCUT2D eigenvalue weighted by Crippen LogP contribution is 2.25. The molecule has 0 N–H and O–H groups in total. The van der Waals surface area contributed by atoms with Crippen molar-refractivity contribution in [2.24, 2.45) is 0 Å². The second kappa shape index (κ2) is 5.36. The molecule has 2 atom stereocenters. The van der Waals surface area contributed by atoms with Crippen molar-refractivity contribution in [3.05, 3.63) is 12.7 Å². The third kappa shape index (κ3) is 2.98. The van der Waals surface area contributed by atoms with Crippen molar-refractivity contribution < 1.29 is 4.74 Å². The van der Waals surface area contributed by atoms with Gasteiger partial charge in [0.1, 0.15) is 0 Å². The Kier molecular flexibility index (Phi) is 4.37. The van der Waals surface area contributed by atoms with Crippen molar-refractivity contribution in [3.8, 4) is 0 Å². The molecule has 0 aromatic carbocycles. The van der Waals surface area contributed by atoms with E-state index in [2.05, 4.69) is 13.5 Å². The molecule has 1 heteroatoms. The smallest absolute Gasteiger partial charge is 0.0614 e. The van der Waals surface area contributed by atoms with Crippen LogP contribution in [0.4, 0.5) is 0 Å². The molecule has 0 aliphatic carbocycles. The highest BCUT2D eigenvalue weighted by Gasteiger charge is 2.23. The molecule has 0 saturated carbocycles. The zero-order valence-corrected chi connectivity index (χ0v) is 8.09. The normalized spacial score (nSPS) is 29.1. The van der Waals surface area contributed by atoms with Crippen LogP contribution in [0, 0.1) is 0 Å². The fourth-order valence-corrected chi connectivity index (χ4v) is 1.78. The number of ether oxygens (including phenoxy) is 1. The highest BCUT2D eigenvalue weighted by atomic mass is 16.5. The molecule has 0 radical (unpaired) electrons. The van der Waals surface area contributed by atoms with Crippen LogP contribution in [0.25, 0.3) is 0 Å². The maximum absolute atomic E-state index is 5.83. The second-order valence-corrected chi connectivity index (χ2v) is 3.62. The van der Waals surface area contributed by atoms with E-state index in [1.54, 1.807) is 0 Å². The van der Waals surface area contributed by atoms with Gasteiger partial charge in [-0.2, -0.15) is 0 Å². The van der Waals surface area contributed by atoms with Gasteiger partial charge in [-0.05, 0) is 25.7 Å². The van der Waals surface area contributed by atoms with Crippen LogP contribution in [0.2, 0.25) is 0 Å². The van der Waals surface area contributed by atoms with Gasteiger partial charge in [0, 0.05) is 0 Å². The fraction of sp³-hybridized carbons (Fsp3) is 0.818. The number of rotatable bonds is 5. The third-order valence-electron chi connectivity index (χ3n) is 2.50. The van der Waals surface area contributed by atoms with Crippen LogP contribution in [-0.2, 0) is 4.74 Å². The Morgan fingerprint density at radius 2 is 2.17 bits per heavy atom. The standard InChI is InChI=1S/C11H20O/c1-3-5-7-11-9-8-10(12-11)6-4-2/h4,10-11H,2-3,5-9H2,1H3. The van der Waals surface area contributed by atoms with Gasteiger partial charge >= 0.3 is 0 Å². The van der Waals surface area contributed by atoms with E-state index >= 15 is 0 Å². The van der Waals surface area contributed by atoms with Gasteiger partial charge in [-0.1, -0.05) is 25.8 Å². The van der Waals surface area contributed by atoms with Crippen LogP contribution in [0.3, 0.4) is 0 Å². The van der Waals surface area contributed by atoms with Crippen molar-refractivity contribution in [3.63, 3.8) is 0 Å². The predicted molar refractivity (Wildman–Crippen MR) is 52.2 cm³/mol. The van der Waals surface area contributed by atoms with E-state index in [4.69, 9.17) is 4.74 Å². The van der Waals surface area contributed by atoms with Crippen molar-refractivity contribution in [2.75, 3.05) is 0 Å². The summed E-state index contributed by atoms with van der Waals surface area (Å²) in [6.07, 6.45) is 10.4. The van der Waals surface area contributed by atoms with Crippen LogP contribution >= 0.6 is 0 Å². The molecule has 1 aliphatic rings. The van der Waals surface area contributed by atoms with Gasteiger partial charge in [-0.15, -0.1) is 6.58 Å². The minimum absolute atomic E-state index is 0.476. The zero-order valence-electron chi connectivity index (χ0n) is 8.09. The van der Waals surface area contributed by atoms with E-state index in [-0.39, 0.29) is 0 Å². The third-order valence-corrected chi connectivity index (χ3v) is 2.50. The summed E-state index contributed by atoms with van der Waals surface area (Å²) in [5, 5.41) is 0. The Bertz CT molecular complexity index is 131. The van der Waals surface area contributed by atoms with Gasteiger partial charge < -0.3 is 4.74 Å². The monoisotopic (exact) mass is 168 g/mol. The summed E-state index contributed by atoms with van der Waals surface area (Å²) in [5.74, 6) is 0. The molecular formula is C11H20O. The van der Waals surface area contributed by atoms with Crippen LogP contribution < -0.4 is 0 Å². The number of hydrogen-bond donors (Lipinski definition) is 0. The van der Waals surface area contributed by atoms with Crippen LogP contribution in [-0.4, -0.2) is 12.2 Å². The fourth-order valence-electron chi connectivity index (χ4n) is 1.78. The Morgan fingerprint density at radius 1 is 1.42 bits per heavy atom. The summed E-state index contributed by atoms with van der Waals surface area (Å²) >= 11 is 0. The van der Waals surface area contributed by atoms with Crippen molar-refractivity contribution >= 4 is 0 Å². The summed E-state index contributed by atoms with van der Waals surface area (Å²) in [6.45, 7) is 5.96. The molecule has 0 spiro atoms. The summed E-state index contributed by atoms with van der Waals surface area (Å²) in [6, 6.07) is 0. The highest BCUT2D eigenvalue weighted by molar-refractivity contribution is 4.80. The van der Waals surface area contributed by atoms with Gasteiger partial charge in [-0.25, -0.2) is 0 Å². The van der Waals surface area contributed by atoms with Gasteiger partial charge in [0.25, 0.3) is 0 Å². The van der Waals surface area contributed by atoms with E-state index in [0.29, 0.717) is 12.2 Å². The lowest BCUT2D eigenvalue weighted by atomic mass is 10.1. The summed E-state index contributed by atoms with van der Waals surface area (Å²) in [5.41, 5.74) is 0. The summed E-state index contributed by atoms with van der Waals surface area (Å²) in [7, 11) is 0. The Balaban J connectivity index is 2.12. The summed E-state index contributed by atoms with van der Waals surface area (Å²) in [4.78, 5) is 0. The maximum atomic E-state index is 5.83. The van der Waals surface area contributed by atoms with E-state index < -0.39 is 0 Å². The lowest BCUT2D eigenvalue weighted by molar-refractivity contribution is 0.0413. The minimum Gasteiger partial charge on any atom is -0.375 e. The molecule has 1 heterocycles. The average Bonchev–Trinajstić information content (AvgIpc) is 2.50. The lowest BCUT2D eigenvalue weighted by Gasteiger charge is -2.11. The first-order valence-corrected chi connectivity index (χ1v) is 5.13. The number of hydrogen-bond acceptors (Lipinski definition) is 1. The van der Waals surface area contributed by atoms with Crippen LogP contribution in [0.5, 0.6) is 0 Å². The molecule has 70 valence electrons. The largest absolute Gasteiger partial charge is 0.375 e. The molecule has 1 nitrogen and oxygen atoms in total. The van der Waals surface area contributed by atoms with Crippen LogP contribution in [0.1, 0.15) is 45.4 Å². The lowest BCUT2D eigenvalue weighted by Crippen LogP contribution is -2.09. The zero-order chi connectivity index (χ0) is 8.81. The van der Waals surface area contributed by atoms with Crippen molar-refractivity contribution in [2.45, 2.75) is 57.7 Å². The van der Waals surface area contributed by atoms with Gasteiger partial charge in [0.2, 0.25) is 0 Å². The quantitative estimate of drug-likeness (QED) is 0.572.